The minimum absolute atomic E-state index is 0.129. The molecule has 1 heterocycles. The molecule has 1 aliphatic carbocycles. The van der Waals surface area contributed by atoms with E-state index >= 15 is 0 Å². The Labute approximate surface area is 155 Å². The highest BCUT2D eigenvalue weighted by Crippen LogP contribution is 2.53. The van der Waals surface area contributed by atoms with Gasteiger partial charge in [0.05, 0.1) is 12.7 Å². The van der Waals surface area contributed by atoms with Crippen molar-refractivity contribution in [2.75, 3.05) is 13.7 Å². The number of carbonyl (C=O) groups excluding carboxylic acids is 2. The third kappa shape index (κ3) is 4.02. The summed E-state index contributed by atoms with van der Waals surface area (Å²) in [6.07, 6.45) is 5.08. The van der Waals surface area contributed by atoms with Crippen LogP contribution in [-0.2, 0) is 14.9 Å². The second kappa shape index (κ2) is 6.93. The Morgan fingerprint density at radius 3 is 2.38 bits per heavy atom. The van der Waals surface area contributed by atoms with Crippen molar-refractivity contribution in [3.63, 3.8) is 0 Å². The first-order chi connectivity index (χ1) is 12.2. The summed E-state index contributed by atoms with van der Waals surface area (Å²) in [5, 5.41) is 0. The first-order valence-electron chi connectivity index (χ1n) is 9.43. The molecule has 0 N–H and O–H groups in total. The van der Waals surface area contributed by atoms with Crippen LogP contribution in [0.25, 0.3) is 0 Å². The quantitative estimate of drug-likeness (QED) is 0.752. The van der Waals surface area contributed by atoms with Gasteiger partial charge in [-0.05, 0) is 76.0 Å². The predicted octanol–water partition coefficient (Wildman–Crippen LogP) is 4.29. The first kappa shape index (κ1) is 18.7. The van der Waals surface area contributed by atoms with Gasteiger partial charge in [0, 0.05) is 12.6 Å². The van der Waals surface area contributed by atoms with Gasteiger partial charge in [0.2, 0.25) is 0 Å². The predicted molar refractivity (Wildman–Crippen MR) is 99.3 cm³/mol. The highest BCUT2D eigenvalue weighted by atomic mass is 16.6. The van der Waals surface area contributed by atoms with Crippen LogP contribution in [0.3, 0.4) is 0 Å². The van der Waals surface area contributed by atoms with Gasteiger partial charge < -0.3 is 14.4 Å². The van der Waals surface area contributed by atoms with Gasteiger partial charge in [-0.25, -0.2) is 9.59 Å². The third-order valence-corrected chi connectivity index (χ3v) is 5.40. The topological polar surface area (TPSA) is 55.8 Å². The second-order valence-corrected chi connectivity index (χ2v) is 8.52. The molecule has 1 aromatic carbocycles. The van der Waals surface area contributed by atoms with Gasteiger partial charge in [0.25, 0.3) is 0 Å². The van der Waals surface area contributed by atoms with E-state index in [1.807, 2.05) is 49.9 Å². The minimum atomic E-state index is -0.467. The Balaban J connectivity index is 1.69. The zero-order chi connectivity index (χ0) is 18.9. The largest absolute Gasteiger partial charge is 0.465 e. The summed E-state index contributed by atoms with van der Waals surface area (Å²) >= 11 is 0. The van der Waals surface area contributed by atoms with Gasteiger partial charge in [0.1, 0.15) is 5.60 Å². The van der Waals surface area contributed by atoms with Crippen LogP contribution in [0.4, 0.5) is 4.79 Å². The monoisotopic (exact) mass is 359 g/mol. The molecule has 2 aliphatic rings. The maximum absolute atomic E-state index is 12.5. The van der Waals surface area contributed by atoms with Gasteiger partial charge >= 0.3 is 12.1 Å². The lowest BCUT2D eigenvalue weighted by molar-refractivity contribution is 0.0213. The molecule has 3 rings (SSSR count). The molecule has 0 spiro atoms. The van der Waals surface area contributed by atoms with Crippen molar-refractivity contribution in [3.8, 4) is 0 Å². The number of hydrogen-bond acceptors (Lipinski definition) is 4. The number of carbonyl (C=O) groups is 2. The molecular weight excluding hydrogens is 330 g/mol. The fraction of sp³-hybridized carbons (Fsp3) is 0.619. The minimum Gasteiger partial charge on any atom is -0.465 e. The average molecular weight is 359 g/mol. The Kier molecular flexibility index (Phi) is 5.00. The fourth-order valence-electron chi connectivity index (χ4n) is 3.90. The molecule has 1 aliphatic heterocycles. The summed E-state index contributed by atoms with van der Waals surface area (Å²) in [5.41, 5.74) is 1.49. The number of nitrogens with zero attached hydrogens (tertiary/aromatic N) is 1. The molecule has 1 aromatic rings. The summed E-state index contributed by atoms with van der Waals surface area (Å²) in [7, 11) is 1.39. The lowest BCUT2D eigenvalue weighted by Gasteiger charge is -2.31. The van der Waals surface area contributed by atoms with Crippen LogP contribution in [-0.4, -0.2) is 42.3 Å². The number of likely N-dealkylation sites (tertiary alicyclic amines) is 1. The van der Waals surface area contributed by atoms with Crippen LogP contribution >= 0.6 is 0 Å². The molecular formula is C21H29NO4. The maximum Gasteiger partial charge on any atom is 0.410 e. The zero-order valence-corrected chi connectivity index (χ0v) is 16.2. The van der Waals surface area contributed by atoms with E-state index in [0.717, 1.165) is 38.6 Å². The number of ether oxygens (including phenoxy) is 2. The molecule has 1 amide bonds. The van der Waals surface area contributed by atoms with Crippen molar-refractivity contribution in [2.45, 2.75) is 69.9 Å². The second-order valence-electron chi connectivity index (χ2n) is 8.52. The smallest absolute Gasteiger partial charge is 0.410 e. The van der Waals surface area contributed by atoms with Crippen LogP contribution in [0.5, 0.6) is 0 Å². The van der Waals surface area contributed by atoms with E-state index in [4.69, 9.17) is 9.47 Å². The van der Waals surface area contributed by atoms with Gasteiger partial charge in [0.15, 0.2) is 0 Å². The Morgan fingerprint density at radius 2 is 1.85 bits per heavy atom. The Hall–Kier alpha value is -2.04. The highest BCUT2D eigenvalue weighted by molar-refractivity contribution is 5.89. The van der Waals surface area contributed by atoms with Crippen molar-refractivity contribution < 1.29 is 19.1 Å². The number of rotatable bonds is 4. The molecule has 0 aromatic heterocycles. The number of hydrogen-bond donors (Lipinski definition) is 0. The number of methoxy groups -OCH3 is 1. The SMILES string of the molecule is COC(=O)c1ccc(C2(CC3CCCN3C(=O)OC(C)(C)C)CC2)cc1. The zero-order valence-electron chi connectivity index (χ0n) is 16.2. The van der Waals surface area contributed by atoms with Crippen LogP contribution in [0, 0.1) is 0 Å². The standard InChI is InChI=1S/C21H29NO4/c1-20(2,3)26-19(24)22-13-5-6-17(22)14-21(11-12-21)16-9-7-15(8-10-16)18(23)25-4/h7-10,17H,5-6,11-14H2,1-4H3. The molecule has 5 heteroatoms. The fourth-order valence-corrected chi connectivity index (χ4v) is 3.90. The van der Waals surface area contributed by atoms with E-state index in [2.05, 4.69) is 0 Å². The van der Waals surface area contributed by atoms with E-state index < -0.39 is 5.60 Å². The van der Waals surface area contributed by atoms with Crippen molar-refractivity contribution in [2.24, 2.45) is 0 Å². The van der Waals surface area contributed by atoms with Gasteiger partial charge in [-0.1, -0.05) is 12.1 Å². The molecule has 0 radical (unpaired) electrons. The van der Waals surface area contributed by atoms with Crippen molar-refractivity contribution >= 4 is 12.1 Å². The molecule has 1 unspecified atom stereocenters. The van der Waals surface area contributed by atoms with Crippen LogP contribution < -0.4 is 0 Å². The first-order valence-corrected chi connectivity index (χ1v) is 9.43. The maximum atomic E-state index is 12.5. The van der Waals surface area contributed by atoms with E-state index in [0.29, 0.717) is 5.56 Å². The van der Waals surface area contributed by atoms with Crippen LogP contribution in [0.1, 0.15) is 68.8 Å². The number of amides is 1. The Bertz CT molecular complexity index is 670. The van der Waals surface area contributed by atoms with E-state index in [1.54, 1.807) is 0 Å². The molecule has 5 nitrogen and oxygen atoms in total. The molecule has 1 saturated carbocycles. The van der Waals surface area contributed by atoms with Gasteiger partial charge in [-0.15, -0.1) is 0 Å². The van der Waals surface area contributed by atoms with E-state index in [9.17, 15) is 9.59 Å². The molecule has 1 saturated heterocycles. The lowest BCUT2D eigenvalue weighted by Crippen LogP contribution is -2.41. The number of benzene rings is 1. The summed E-state index contributed by atoms with van der Waals surface area (Å²) in [6, 6.07) is 7.97. The van der Waals surface area contributed by atoms with Crippen molar-refractivity contribution in [1.82, 2.24) is 4.90 Å². The molecule has 2 fully saturated rings. The van der Waals surface area contributed by atoms with Crippen molar-refractivity contribution in [1.29, 1.82) is 0 Å². The average Bonchev–Trinajstić information content (AvgIpc) is 3.21. The van der Waals surface area contributed by atoms with Crippen LogP contribution in [0.15, 0.2) is 24.3 Å². The van der Waals surface area contributed by atoms with Crippen LogP contribution in [0.2, 0.25) is 0 Å². The normalized spacial score (nSPS) is 21.4. The molecule has 1 atom stereocenters. The summed E-state index contributed by atoms with van der Waals surface area (Å²) < 4.78 is 10.4. The van der Waals surface area contributed by atoms with E-state index in [-0.39, 0.29) is 23.5 Å². The van der Waals surface area contributed by atoms with Crippen molar-refractivity contribution in [3.05, 3.63) is 35.4 Å². The molecule has 26 heavy (non-hydrogen) atoms. The summed E-state index contributed by atoms with van der Waals surface area (Å²) in [6.45, 7) is 6.49. The third-order valence-electron chi connectivity index (χ3n) is 5.40. The van der Waals surface area contributed by atoms with Gasteiger partial charge in [-0.2, -0.15) is 0 Å². The summed E-state index contributed by atoms with van der Waals surface area (Å²) in [5.74, 6) is -0.312. The highest BCUT2D eigenvalue weighted by Gasteiger charge is 2.48. The molecule has 0 bridgehead atoms. The van der Waals surface area contributed by atoms with Gasteiger partial charge in [-0.3, -0.25) is 0 Å². The molecule has 142 valence electrons. The Morgan fingerprint density at radius 1 is 1.19 bits per heavy atom. The van der Waals surface area contributed by atoms with E-state index in [1.165, 1.54) is 12.7 Å². The number of esters is 1. The lowest BCUT2D eigenvalue weighted by atomic mass is 9.87. The summed E-state index contributed by atoms with van der Waals surface area (Å²) in [4.78, 5) is 26.1.